The van der Waals surface area contributed by atoms with Gasteiger partial charge in [0.15, 0.2) is 6.10 Å². The van der Waals surface area contributed by atoms with Crippen molar-refractivity contribution in [3.05, 3.63) is 94.3 Å². The largest absolute Gasteiger partial charge is 0.494 e. The second-order valence-electron chi connectivity index (χ2n) is 8.92. The van der Waals surface area contributed by atoms with E-state index in [2.05, 4.69) is 36.6 Å². The van der Waals surface area contributed by atoms with Gasteiger partial charge in [0.2, 0.25) is 0 Å². The topological polar surface area (TPSA) is 51.7 Å². The number of hydrogen-bond acceptors (Lipinski definition) is 5. The number of rotatable bonds is 9. The second-order valence-corrected chi connectivity index (χ2v) is 9.86. The molecular weight excluding hydrogens is 468 g/mol. The van der Waals surface area contributed by atoms with Gasteiger partial charge in [0.25, 0.3) is 5.91 Å². The number of amides is 1. The predicted octanol–water partition coefficient (Wildman–Crippen LogP) is 6.55. The zero-order valence-electron chi connectivity index (χ0n) is 20.6. The summed E-state index contributed by atoms with van der Waals surface area (Å²) < 4.78 is 11.8. The summed E-state index contributed by atoms with van der Waals surface area (Å²) in [5, 5.41) is 3.15. The fourth-order valence-electron chi connectivity index (χ4n) is 4.33. The van der Waals surface area contributed by atoms with Crippen LogP contribution in [0, 0.1) is 0 Å². The predicted molar refractivity (Wildman–Crippen MR) is 145 cm³/mol. The van der Waals surface area contributed by atoms with Crippen LogP contribution in [0.1, 0.15) is 36.4 Å². The molecule has 36 heavy (non-hydrogen) atoms. The third-order valence-corrected chi connectivity index (χ3v) is 7.19. The van der Waals surface area contributed by atoms with Gasteiger partial charge >= 0.3 is 0 Å². The smallest absolute Gasteiger partial charge is 0.267 e. The Morgan fingerprint density at radius 3 is 2.61 bits per heavy atom. The highest BCUT2D eigenvalue weighted by atomic mass is 32.1. The van der Waals surface area contributed by atoms with Crippen molar-refractivity contribution in [3.63, 3.8) is 0 Å². The Morgan fingerprint density at radius 2 is 1.83 bits per heavy atom. The van der Waals surface area contributed by atoms with Crippen LogP contribution in [0.4, 0.5) is 5.69 Å². The fourth-order valence-corrected chi connectivity index (χ4v) is 5.16. The quantitative estimate of drug-likeness (QED) is 0.246. The lowest BCUT2D eigenvalue weighted by Crippen LogP contribution is -2.45. The van der Waals surface area contributed by atoms with Crippen LogP contribution in [0.3, 0.4) is 0 Å². The van der Waals surface area contributed by atoms with Gasteiger partial charge in [-0.1, -0.05) is 49.4 Å². The Kier molecular flexibility index (Phi) is 7.33. The number of ether oxygens (including phenoxy) is 2. The van der Waals surface area contributed by atoms with Gasteiger partial charge in [0.05, 0.1) is 23.0 Å². The van der Waals surface area contributed by atoms with Crippen molar-refractivity contribution in [1.29, 1.82) is 0 Å². The van der Waals surface area contributed by atoms with E-state index in [-0.39, 0.29) is 5.91 Å². The van der Waals surface area contributed by atoms with Gasteiger partial charge in [0, 0.05) is 23.9 Å². The molecular formula is C30H30N2O3S. The van der Waals surface area contributed by atoms with E-state index in [1.54, 1.807) is 18.3 Å². The van der Waals surface area contributed by atoms with Crippen LogP contribution in [0.2, 0.25) is 0 Å². The molecule has 1 aliphatic rings. The van der Waals surface area contributed by atoms with Crippen molar-refractivity contribution in [2.24, 2.45) is 0 Å². The van der Waals surface area contributed by atoms with Gasteiger partial charge in [-0.05, 0) is 61.2 Å². The first-order chi connectivity index (χ1) is 17.6. The second kappa shape index (κ2) is 11.0. The van der Waals surface area contributed by atoms with E-state index in [4.69, 9.17) is 14.5 Å². The summed E-state index contributed by atoms with van der Waals surface area (Å²) in [7, 11) is 0. The standard InChI is InChI=1S/C30H30N2O3S/c1-3-22-10-13-25(14-11-22)34-17-7-16-32-27-19-24(12-15-28(27)35-21(2)30(32)33)26-20-36-29(31-26)18-23-8-5-4-6-9-23/h4-6,8-15,19-21H,3,7,16-18H2,1-2H3. The summed E-state index contributed by atoms with van der Waals surface area (Å²) in [6.07, 6.45) is 2.02. The molecule has 0 saturated carbocycles. The number of hydrogen-bond donors (Lipinski definition) is 0. The molecule has 184 valence electrons. The molecule has 0 radical (unpaired) electrons. The average molecular weight is 499 g/mol. The molecule has 0 bridgehead atoms. The number of thiazole rings is 1. The normalized spacial score (nSPS) is 14.9. The number of nitrogens with zero attached hydrogens (tertiary/aromatic N) is 2. The van der Waals surface area contributed by atoms with E-state index in [9.17, 15) is 4.79 Å². The summed E-state index contributed by atoms with van der Waals surface area (Å²) in [6, 6.07) is 24.5. The summed E-state index contributed by atoms with van der Waals surface area (Å²) in [6.45, 7) is 5.03. The number of aryl methyl sites for hydroxylation is 1. The highest BCUT2D eigenvalue weighted by Gasteiger charge is 2.31. The number of carbonyl (C=O) groups excluding carboxylic acids is 1. The molecule has 0 N–H and O–H groups in total. The van der Waals surface area contributed by atoms with E-state index >= 15 is 0 Å². The highest BCUT2D eigenvalue weighted by molar-refractivity contribution is 7.10. The van der Waals surface area contributed by atoms with Crippen LogP contribution in [-0.2, 0) is 17.6 Å². The lowest BCUT2D eigenvalue weighted by molar-refractivity contribution is -0.125. The fraction of sp³-hybridized carbons (Fsp3) is 0.267. The first kappa shape index (κ1) is 24.1. The lowest BCUT2D eigenvalue weighted by atomic mass is 10.1. The van der Waals surface area contributed by atoms with E-state index in [1.165, 1.54) is 11.1 Å². The maximum atomic E-state index is 13.0. The van der Waals surface area contributed by atoms with Crippen molar-refractivity contribution >= 4 is 22.9 Å². The summed E-state index contributed by atoms with van der Waals surface area (Å²) >= 11 is 1.66. The molecule has 0 fully saturated rings. The summed E-state index contributed by atoms with van der Waals surface area (Å²) in [5.41, 5.74) is 5.22. The number of fused-ring (bicyclic) bond motifs is 1. The Bertz CT molecular complexity index is 1320. The zero-order valence-corrected chi connectivity index (χ0v) is 21.5. The molecule has 0 saturated heterocycles. The molecule has 5 rings (SSSR count). The molecule has 1 amide bonds. The Labute approximate surface area is 216 Å². The number of aromatic nitrogens is 1. The first-order valence-corrected chi connectivity index (χ1v) is 13.3. The van der Waals surface area contributed by atoms with Crippen molar-refractivity contribution in [1.82, 2.24) is 4.98 Å². The van der Waals surface area contributed by atoms with Gasteiger partial charge in [-0.25, -0.2) is 4.98 Å². The van der Waals surface area contributed by atoms with E-state index in [0.29, 0.717) is 13.2 Å². The Hall–Kier alpha value is -3.64. The van der Waals surface area contributed by atoms with E-state index < -0.39 is 6.10 Å². The molecule has 3 aromatic carbocycles. The summed E-state index contributed by atoms with van der Waals surface area (Å²) in [4.78, 5) is 19.7. The van der Waals surface area contributed by atoms with E-state index in [0.717, 1.165) is 52.7 Å². The minimum Gasteiger partial charge on any atom is -0.494 e. The van der Waals surface area contributed by atoms with Crippen molar-refractivity contribution in [2.75, 3.05) is 18.1 Å². The Balaban J connectivity index is 1.28. The SMILES string of the molecule is CCc1ccc(OCCCN2C(=O)C(C)Oc3ccc(-c4csc(Cc5ccccc5)n4)cc32)cc1. The maximum absolute atomic E-state index is 13.0. The van der Waals surface area contributed by atoms with Crippen LogP contribution in [0.15, 0.2) is 78.2 Å². The number of anilines is 1. The van der Waals surface area contributed by atoms with Crippen molar-refractivity contribution < 1.29 is 14.3 Å². The molecule has 1 atom stereocenters. The van der Waals surface area contributed by atoms with Gasteiger partial charge in [-0.2, -0.15) is 0 Å². The molecule has 0 aliphatic carbocycles. The first-order valence-electron chi connectivity index (χ1n) is 12.4. The van der Waals surface area contributed by atoms with Crippen molar-refractivity contribution in [2.45, 2.75) is 39.2 Å². The zero-order chi connectivity index (χ0) is 24.9. The third-order valence-electron chi connectivity index (χ3n) is 6.34. The summed E-state index contributed by atoms with van der Waals surface area (Å²) in [5.74, 6) is 1.54. The van der Waals surface area contributed by atoms with Gasteiger partial charge in [-0.15, -0.1) is 11.3 Å². The monoisotopic (exact) mass is 498 g/mol. The van der Waals surface area contributed by atoms with Crippen LogP contribution in [0.25, 0.3) is 11.3 Å². The third kappa shape index (κ3) is 5.44. The molecule has 6 heteroatoms. The molecule has 1 aromatic heterocycles. The van der Waals surface area contributed by atoms with Crippen molar-refractivity contribution in [3.8, 4) is 22.8 Å². The molecule has 4 aromatic rings. The van der Waals surface area contributed by atoms with E-state index in [1.807, 2.05) is 53.4 Å². The van der Waals surface area contributed by atoms with Gasteiger partial charge in [-0.3, -0.25) is 4.79 Å². The van der Waals surface area contributed by atoms with Gasteiger partial charge < -0.3 is 14.4 Å². The molecule has 1 aliphatic heterocycles. The molecule has 2 heterocycles. The van der Waals surface area contributed by atoms with Crippen LogP contribution in [-0.4, -0.2) is 30.1 Å². The van der Waals surface area contributed by atoms with Crippen LogP contribution in [0.5, 0.6) is 11.5 Å². The van der Waals surface area contributed by atoms with Gasteiger partial charge in [0.1, 0.15) is 11.5 Å². The highest BCUT2D eigenvalue weighted by Crippen LogP contribution is 2.38. The Morgan fingerprint density at radius 1 is 1.03 bits per heavy atom. The van der Waals surface area contributed by atoms with Crippen LogP contribution >= 0.6 is 11.3 Å². The molecule has 5 nitrogen and oxygen atoms in total. The maximum Gasteiger partial charge on any atom is 0.267 e. The number of benzene rings is 3. The molecule has 1 unspecified atom stereocenters. The minimum atomic E-state index is -0.511. The lowest BCUT2D eigenvalue weighted by Gasteiger charge is -2.33. The average Bonchev–Trinajstić information content (AvgIpc) is 3.37. The minimum absolute atomic E-state index is 0.0324. The van der Waals surface area contributed by atoms with Crippen LogP contribution < -0.4 is 14.4 Å². The molecule has 0 spiro atoms. The number of carbonyl (C=O) groups is 1.